The highest BCUT2D eigenvalue weighted by Crippen LogP contribution is 2.27. The van der Waals surface area contributed by atoms with Gasteiger partial charge in [-0.2, -0.15) is 4.98 Å². The summed E-state index contributed by atoms with van der Waals surface area (Å²) in [6.07, 6.45) is -0.854. The van der Waals surface area contributed by atoms with Crippen LogP contribution < -0.4 is 11.0 Å². The molecule has 0 unspecified atom stereocenters. The predicted octanol–water partition coefficient (Wildman–Crippen LogP) is -1.07. The second kappa shape index (κ2) is 4.82. The normalized spacial score (nSPS) is 31.6. The van der Waals surface area contributed by atoms with Crippen molar-refractivity contribution in [1.29, 1.82) is 0 Å². The third-order valence-electron chi connectivity index (χ3n) is 2.65. The van der Waals surface area contributed by atoms with Gasteiger partial charge >= 0.3 is 5.69 Å². The lowest BCUT2D eigenvalue weighted by molar-refractivity contribution is -0.0458. The SMILES string of the molecule is [2H]C([2H])([2H])Nc1ccn([C@H]2C[C@H](O)[C@@H](CO)O2)c(=O)n1. The highest BCUT2D eigenvalue weighted by molar-refractivity contribution is 5.30. The molecule has 1 aliphatic rings. The molecule has 2 rings (SSSR count). The molecular weight excluding hydrogens is 226 g/mol. The quantitative estimate of drug-likeness (QED) is 0.626. The van der Waals surface area contributed by atoms with Crippen molar-refractivity contribution in [2.75, 3.05) is 18.9 Å². The third-order valence-corrected chi connectivity index (χ3v) is 2.65. The highest BCUT2D eigenvalue weighted by atomic mass is 16.5. The summed E-state index contributed by atoms with van der Waals surface area (Å²) in [7, 11) is 0. The van der Waals surface area contributed by atoms with E-state index in [-0.39, 0.29) is 18.8 Å². The Kier molecular flexibility index (Phi) is 2.45. The van der Waals surface area contributed by atoms with Crippen LogP contribution >= 0.6 is 0 Å². The zero-order chi connectivity index (χ0) is 14.9. The molecule has 1 fully saturated rings. The van der Waals surface area contributed by atoms with Crippen molar-refractivity contribution in [2.45, 2.75) is 24.9 Å². The first-order valence-electron chi connectivity index (χ1n) is 6.62. The number of aliphatic hydroxyl groups is 2. The number of ether oxygens (including phenoxy) is 1. The van der Waals surface area contributed by atoms with Gasteiger partial charge in [-0.1, -0.05) is 0 Å². The average Bonchev–Trinajstić information content (AvgIpc) is 2.68. The summed E-state index contributed by atoms with van der Waals surface area (Å²) in [5.41, 5.74) is -0.699. The molecule has 1 aliphatic heterocycles. The summed E-state index contributed by atoms with van der Waals surface area (Å²) in [5, 5.41) is 20.7. The van der Waals surface area contributed by atoms with E-state index in [9.17, 15) is 9.90 Å². The average molecular weight is 244 g/mol. The zero-order valence-electron chi connectivity index (χ0n) is 11.9. The monoisotopic (exact) mass is 244 g/mol. The lowest BCUT2D eigenvalue weighted by Crippen LogP contribution is -2.27. The Labute approximate surface area is 102 Å². The van der Waals surface area contributed by atoms with Gasteiger partial charge in [-0.15, -0.1) is 0 Å². The van der Waals surface area contributed by atoms with Crippen LogP contribution in [-0.4, -0.2) is 45.6 Å². The summed E-state index contributed by atoms with van der Waals surface area (Å²) >= 11 is 0. The Hall–Kier alpha value is -1.44. The number of aromatic nitrogens is 2. The summed E-state index contributed by atoms with van der Waals surface area (Å²) in [6.45, 7) is -2.79. The Morgan fingerprint density at radius 1 is 1.82 bits per heavy atom. The first-order valence-corrected chi connectivity index (χ1v) is 5.12. The van der Waals surface area contributed by atoms with Gasteiger partial charge in [0.1, 0.15) is 18.1 Å². The summed E-state index contributed by atoms with van der Waals surface area (Å²) in [5.74, 6) is -0.0662. The molecule has 7 heteroatoms. The van der Waals surface area contributed by atoms with E-state index in [1.54, 1.807) is 0 Å². The molecular formula is C10H15N3O4. The highest BCUT2D eigenvalue weighted by Gasteiger charge is 2.34. The van der Waals surface area contributed by atoms with Gasteiger partial charge in [0.05, 0.1) is 12.7 Å². The van der Waals surface area contributed by atoms with Gasteiger partial charge in [-0.25, -0.2) is 4.79 Å². The molecule has 0 aromatic carbocycles. The Morgan fingerprint density at radius 3 is 3.24 bits per heavy atom. The fourth-order valence-corrected chi connectivity index (χ4v) is 1.75. The molecule has 3 atom stereocenters. The number of hydrogen-bond acceptors (Lipinski definition) is 6. The zero-order valence-corrected chi connectivity index (χ0v) is 8.91. The van der Waals surface area contributed by atoms with Gasteiger partial charge in [0, 0.05) is 23.7 Å². The van der Waals surface area contributed by atoms with E-state index in [4.69, 9.17) is 14.0 Å². The number of hydrogen-bond donors (Lipinski definition) is 3. The first kappa shape index (κ1) is 8.62. The number of anilines is 1. The van der Waals surface area contributed by atoms with Crippen LogP contribution in [0, 0.1) is 0 Å². The number of aliphatic hydroxyl groups excluding tert-OH is 2. The molecule has 0 spiro atoms. The van der Waals surface area contributed by atoms with Crippen LogP contribution in [0.25, 0.3) is 0 Å². The van der Waals surface area contributed by atoms with E-state index in [1.165, 1.54) is 12.3 Å². The van der Waals surface area contributed by atoms with E-state index >= 15 is 0 Å². The van der Waals surface area contributed by atoms with Crippen LogP contribution in [0.3, 0.4) is 0 Å². The van der Waals surface area contributed by atoms with Gasteiger partial charge in [-0.05, 0) is 6.07 Å². The van der Waals surface area contributed by atoms with Crippen LogP contribution in [0.4, 0.5) is 5.82 Å². The van der Waals surface area contributed by atoms with E-state index in [2.05, 4.69) is 10.3 Å². The van der Waals surface area contributed by atoms with Crippen molar-refractivity contribution >= 4 is 5.82 Å². The molecule has 0 bridgehead atoms. The predicted molar refractivity (Wildman–Crippen MR) is 59.7 cm³/mol. The smallest absolute Gasteiger partial charge is 0.351 e. The standard InChI is InChI=1S/C10H15N3O4/c1-11-8-2-3-13(10(16)12-8)9-4-6(15)7(5-14)17-9/h2-3,6-7,9,14-15H,4-5H2,1H3,(H,11,12,16)/t6-,7+,9+/m0/s1/i1D3. The maximum absolute atomic E-state index is 11.8. The number of rotatable bonds is 3. The van der Waals surface area contributed by atoms with Crippen LogP contribution in [0.1, 0.15) is 16.8 Å². The number of nitrogens with zero attached hydrogens (tertiary/aromatic N) is 2. The van der Waals surface area contributed by atoms with Crippen molar-refractivity contribution < 1.29 is 19.1 Å². The molecule has 0 aliphatic carbocycles. The molecule has 1 saturated heterocycles. The van der Waals surface area contributed by atoms with Crippen LogP contribution in [-0.2, 0) is 4.74 Å². The van der Waals surface area contributed by atoms with E-state index < -0.39 is 31.1 Å². The lowest BCUT2D eigenvalue weighted by atomic mass is 10.2. The third kappa shape index (κ3) is 2.31. The van der Waals surface area contributed by atoms with Gasteiger partial charge in [0.25, 0.3) is 0 Å². The molecule has 2 heterocycles. The fraction of sp³-hybridized carbons (Fsp3) is 0.600. The van der Waals surface area contributed by atoms with Crippen molar-refractivity contribution in [3.05, 3.63) is 22.7 Å². The van der Waals surface area contributed by atoms with E-state index in [1.807, 2.05) is 0 Å². The lowest BCUT2D eigenvalue weighted by Gasteiger charge is -2.14. The van der Waals surface area contributed by atoms with Gasteiger partial charge in [0.15, 0.2) is 0 Å². The maximum Gasteiger partial charge on any atom is 0.351 e. The molecule has 94 valence electrons. The van der Waals surface area contributed by atoms with Gasteiger partial charge < -0.3 is 20.3 Å². The summed E-state index contributed by atoms with van der Waals surface area (Å²) < 4.78 is 27.5. The van der Waals surface area contributed by atoms with E-state index in [0.29, 0.717) is 0 Å². The molecule has 1 aromatic rings. The van der Waals surface area contributed by atoms with Crippen molar-refractivity contribution in [1.82, 2.24) is 9.55 Å². The largest absolute Gasteiger partial charge is 0.394 e. The van der Waals surface area contributed by atoms with Crippen molar-refractivity contribution in [3.8, 4) is 0 Å². The number of nitrogens with one attached hydrogen (secondary N) is 1. The molecule has 7 nitrogen and oxygen atoms in total. The molecule has 0 radical (unpaired) electrons. The molecule has 3 N–H and O–H groups in total. The van der Waals surface area contributed by atoms with Gasteiger partial charge in [-0.3, -0.25) is 4.57 Å². The minimum Gasteiger partial charge on any atom is -0.394 e. The first-order chi connectivity index (χ1) is 9.30. The maximum atomic E-state index is 11.8. The molecule has 0 amide bonds. The van der Waals surface area contributed by atoms with Crippen LogP contribution in [0.5, 0.6) is 0 Å². The topological polar surface area (TPSA) is 96.6 Å². The molecule has 1 aromatic heterocycles. The minimum absolute atomic E-state index is 0.0662. The second-order valence-electron chi connectivity index (χ2n) is 3.74. The van der Waals surface area contributed by atoms with Crippen LogP contribution in [0.2, 0.25) is 0 Å². The van der Waals surface area contributed by atoms with Crippen molar-refractivity contribution in [3.63, 3.8) is 0 Å². The minimum atomic E-state index is -2.44. The second-order valence-corrected chi connectivity index (χ2v) is 3.74. The van der Waals surface area contributed by atoms with Crippen LogP contribution in [0.15, 0.2) is 17.1 Å². The summed E-state index contributed by atoms with van der Waals surface area (Å²) in [6, 6.07) is 1.33. The summed E-state index contributed by atoms with van der Waals surface area (Å²) in [4.78, 5) is 15.4. The van der Waals surface area contributed by atoms with Gasteiger partial charge in [0.2, 0.25) is 0 Å². The Morgan fingerprint density at radius 2 is 2.65 bits per heavy atom. The Bertz CT molecular complexity index is 533. The van der Waals surface area contributed by atoms with E-state index in [0.717, 1.165) is 4.57 Å². The van der Waals surface area contributed by atoms with Crippen molar-refractivity contribution in [2.24, 2.45) is 0 Å². The molecule has 17 heavy (non-hydrogen) atoms. The fourth-order valence-electron chi connectivity index (χ4n) is 1.75. The molecule has 0 saturated carbocycles. The Balaban J connectivity index is 2.17.